The summed E-state index contributed by atoms with van der Waals surface area (Å²) < 4.78 is 0. The number of carbonyl (C=O) groups is 1. The summed E-state index contributed by atoms with van der Waals surface area (Å²) in [5.74, 6) is 0.513. The van der Waals surface area contributed by atoms with E-state index in [1.165, 1.54) is 11.8 Å². The van der Waals surface area contributed by atoms with Crippen LogP contribution in [0.5, 0.6) is 0 Å². The van der Waals surface area contributed by atoms with E-state index in [-0.39, 0.29) is 11.5 Å². The van der Waals surface area contributed by atoms with Gasteiger partial charge in [0.05, 0.1) is 34.1 Å². The molecule has 0 saturated heterocycles. The average Bonchev–Trinajstić information content (AvgIpc) is 2.67. The van der Waals surface area contributed by atoms with Crippen molar-refractivity contribution >= 4 is 17.5 Å². The van der Waals surface area contributed by atoms with Gasteiger partial charge in [-0.05, 0) is 12.8 Å². The first-order chi connectivity index (χ1) is 12.6. The predicted octanol–water partition coefficient (Wildman–Crippen LogP) is 3.59. The fourth-order valence-electron chi connectivity index (χ4n) is 3.78. The van der Waals surface area contributed by atoms with Crippen molar-refractivity contribution in [2.45, 2.75) is 32.1 Å². The van der Waals surface area contributed by atoms with Gasteiger partial charge in [0.1, 0.15) is 5.82 Å². The highest BCUT2D eigenvalue weighted by atomic mass is 32.2. The Kier molecular flexibility index (Phi) is 5.35. The summed E-state index contributed by atoms with van der Waals surface area (Å²) in [5.41, 5.74) is 7.18. The number of benzene rings is 1. The molecule has 1 heterocycles. The summed E-state index contributed by atoms with van der Waals surface area (Å²) in [6.45, 7) is 0. The Morgan fingerprint density at radius 3 is 2.38 bits per heavy atom. The van der Waals surface area contributed by atoms with E-state index in [0.717, 1.165) is 32.1 Å². The molecule has 0 bridgehead atoms. The molecule has 1 spiro atoms. The second kappa shape index (κ2) is 7.68. The van der Waals surface area contributed by atoms with E-state index in [0.29, 0.717) is 27.6 Å². The number of nitrogens with two attached hydrogens (primary N) is 1. The number of rotatable bonds is 4. The zero-order valence-electron chi connectivity index (χ0n) is 14.4. The second-order valence-corrected chi connectivity index (χ2v) is 7.55. The fourth-order valence-corrected chi connectivity index (χ4v) is 4.79. The number of nitrogens with one attached hydrogen (secondary N) is 1. The molecular formula is C20H20N4OS. The van der Waals surface area contributed by atoms with Crippen molar-refractivity contribution in [1.29, 1.82) is 10.5 Å². The summed E-state index contributed by atoms with van der Waals surface area (Å²) in [6.07, 6.45) is 4.52. The molecule has 0 aromatic heterocycles. The highest BCUT2D eigenvalue weighted by Crippen LogP contribution is 2.51. The van der Waals surface area contributed by atoms with E-state index in [1.807, 2.05) is 18.2 Å². The first-order valence-electron chi connectivity index (χ1n) is 8.65. The minimum atomic E-state index is -0.602. The Morgan fingerprint density at radius 2 is 1.77 bits per heavy atom. The highest BCUT2D eigenvalue weighted by Gasteiger charge is 2.45. The number of hydrogen-bond acceptors (Lipinski definition) is 6. The number of hydrogen-bond donors (Lipinski definition) is 2. The topological polar surface area (TPSA) is 103 Å². The summed E-state index contributed by atoms with van der Waals surface area (Å²) in [5, 5.41) is 23.1. The first-order valence-corrected chi connectivity index (χ1v) is 9.64. The third-order valence-electron chi connectivity index (χ3n) is 5.08. The Bertz CT molecular complexity index is 852. The van der Waals surface area contributed by atoms with E-state index in [9.17, 15) is 15.3 Å². The number of dihydropyridines is 1. The lowest BCUT2D eigenvalue weighted by Crippen LogP contribution is -2.39. The maximum atomic E-state index is 12.4. The van der Waals surface area contributed by atoms with Gasteiger partial charge in [0.2, 0.25) is 0 Å². The molecule has 1 fully saturated rings. The quantitative estimate of drug-likeness (QED) is 0.792. The van der Waals surface area contributed by atoms with Gasteiger partial charge in [0.25, 0.3) is 0 Å². The smallest absolute Gasteiger partial charge is 0.173 e. The van der Waals surface area contributed by atoms with Gasteiger partial charge in [-0.25, -0.2) is 0 Å². The lowest BCUT2D eigenvalue weighted by atomic mass is 9.64. The minimum absolute atomic E-state index is 0.00600. The molecule has 1 aliphatic carbocycles. The largest absolute Gasteiger partial charge is 0.384 e. The molecule has 3 rings (SSSR count). The molecule has 132 valence electrons. The van der Waals surface area contributed by atoms with Crippen molar-refractivity contribution in [3.63, 3.8) is 0 Å². The lowest BCUT2D eigenvalue weighted by molar-refractivity contribution is 0.102. The van der Waals surface area contributed by atoms with Crippen LogP contribution in [0.3, 0.4) is 0 Å². The molecule has 0 unspecified atom stereocenters. The lowest BCUT2D eigenvalue weighted by Gasteiger charge is -2.40. The van der Waals surface area contributed by atoms with Gasteiger partial charge >= 0.3 is 0 Å². The van der Waals surface area contributed by atoms with Crippen LogP contribution in [0.15, 0.2) is 52.3 Å². The van der Waals surface area contributed by atoms with Crippen LogP contribution in [-0.4, -0.2) is 11.5 Å². The summed E-state index contributed by atoms with van der Waals surface area (Å²) >= 11 is 1.29. The van der Waals surface area contributed by atoms with Gasteiger partial charge < -0.3 is 11.1 Å². The van der Waals surface area contributed by atoms with Gasteiger partial charge in [0, 0.05) is 11.0 Å². The van der Waals surface area contributed by atoms with Crippen molar-refractivity contribution in [3.05, 3.63) is 57.9 Å². The minimum Gasteiger partial charge on any atom is -0.384 e. The first kappa shape index (κ1) is 18.1. The van der Waals surface area contributed by atoms with Crippen molar-refractivity contribution in [3.8, 4) is 12.1 Å². The molecule has 6 heteroatoms. The maximum Gasteiger partial charge on any atom is 0.173 e. The van der Waals surface area contributed by atoms with E-state index in [2.05, 4.69) is 17.5 Å². The van der Waals surface area contributed by atoms with Crippen LogP contribution in [0, 0.1) is 28.1 Å². The monoisotopic (exact) mass is 364 g/mol. The number of ketones is 1. The molecule has 3 N–H and O–H groups in total. The predicted molar refractivity (Wildman–Crippen MR) is 101 cm³/mol. The van der Waals surface area contributed by atoms with E-state index in [1.54, 1.807) is 12.1 Å². The van der Waals surface area contributed by atoms with E-state index in [4.69, 9.17) is 5.73 Å². The van der Waals surface area contributed by atoms with Gasteiger partial charge in [0.15, 0.2) is 5.78 Å². The summed E-state index contributed by atoms with van der Waals surface area (Å²) in [7, 11) is 0. The maximum absolute atomic E-state index is 12.4. The van der Waals surface area contributed by atoms with Gasteiger partial charge in [-0.15, -0.1) is 0 Å². The molecule has 1 aromatic carbocycles. The molecule has 0 radical (unpaired) electrons. The van der Waals surface area contributed by atoms with Crippen LogP contribution in [-0.2, 0) is 0 Å². The number of nitrogens with zero attached hydrogens (tertiary/aromatic N) is 2. The normalized spacial score (nSPS) is 18.8. The molecule has 1 aromatic rings. The standard InChI is InChI=1S/C20H20N4OS/c21-11-15-18(23)24-19(16(12-22)20(15)9-5-2-6-10-20)26-13-17(25)14-7-3-1-4-8-14/h1,3-4,7-8,24H,2,5-6,9-10,13,23H2. The second-order valence-electron chi connectivity index (χ2n) is 6.56. The summed E-state index contributed by atoms with van der Waals surface area (Å²) in [6, 6.07) is 13.6. The zero-order chi connectivity index (χ0) is 18.6. The van der Waals surface area contributed by atoms with Crippen LogP contribution in [0.4, 0.5) is 0 Å². The Hall–Kier alpha value is -2.70. The Balaban J connectivity index is 1.89. The van der Waals surface area contributed by atoms with Crippen LogP contribution >= 0.6 is 11.8 Å². The number of allylic oxidation sites excluding steroid dienone is 2. The molecule has 5 nitrogen and oxygen atoms in total. The SMILES string of the molecule is N#CC1=C(N)NC(SCC(=O)c2ccccc2)=C(C#N)C12CCCCC2. The third kappa shape index (κ3) is 3.21. The number of carbonyl (C=O) groups excluding carboxylic acids is 1. The highest BCUT2D eigenvalue weighted by molar-refractivity contribution is 8.03. The molecular weight excluding hydrogens is 344 g/mol. The molecule has 26 heavy (non-hydrogen) atoms. The van der Waals surface area contributed by atoms with Crippen molar-refractivity contribution in [1.82, 2.24) is 5.32 Å². The van der Waals surface area contributed by atoms with Crippen molar-refractivity contribution in [2.24, 2.45) is 11.1 Å². The van der Waals surface area contributed by atoms with E-state index >= 15 is 0 Å². The molecule has 0 atom stereocenters. The number of Topliss-reactive ketones (excluding diaryl/α,β-unsaturated/α-hetero) is 1. The zero-order valence-corrected chi connectivity index (χ0v) is 15.2. The fraction of sp³-hybridized carbons (Fsp3) is 0.350. The van der Waals surface area contributed by atoms with Crippen LogP contribution in [0.25, 0.3) is 0 Å². The number of nitriles is 2. The van der Waals surface area contributed by atoms with Crippen LogP contribution < -0.4 is 11.1 Å². The third-order valence-corrected chi connectivity index (χ3v) is 6.08. The van der Waals surface area contributed by atoms with Crippen LogP contribution in [0.1, 0.15) is 42.5 Å². The Labute approximate surface area is 157 Å². The van der Waals surface area contributed by atoms with Crippen molar-refractivity contribution < 1.29 is 4.79 Å². The Morgan fingerprint density at radius 1 is 1.12 bits per heavy atom. The van der Waals surface area contributed by atoms with Gasteiger partial charge in [-0.3, -0.25) is 4.79 Å². The van der Waals surface area contributed by atoms with Crippen LogP contribution in [0.2, 0.25) is 0 Å². The average molecular weight is 364 g/mol. The van der Waals surface area contributed by atoms with Gasteiger partial charge in [-0.2, -0.15) is 10.5 Å². The molecule has 2 aliphatic rings. The molecule has 1 saturated carbocycles. The van der Waals surface area contributed by atoms with Gasteiger partial charge in [-0.1, -0.05) is 61.4 Å². The molecule has 1 aliphatic heterocycles. The van der Waals surface area contributed by atoms with Crippen molar-refractivity contribution in [2.75, 3.05) is 5.75 Å². The summed E-state index contributed by atoms with van der Waals surface area (Å²) in [4.78, 5) is 12.4. The number of thioether (sulfide) groups is 1. The molecule has 0 amide bonds. The van der Waals surface area contributed by atoms with E-state index < -0.39 is 5.41 Å².